The third-order valence-corrected chi connectivity index (χ3v) is 6.16. The summed E-state index contributed by atoms with van der Waals surface area (Å²) >= 11 is 2.41. The molecule has 2 aromatic heterocycles. The highest BCUT2D eigenvalue weighted by molar-refractivity contribution is 7.91. The van der Waals surface area contributed by atoms with Crippen molar-refractivity contribution in [2.45, 2.75) is 17.7 Å². The van der Waals surface area contributed by atoms with Gasteiger partial charge in [0.05, 0.1) is 5.56 Å². The van der Waals surface area contributed by atoms with E-state index in [-0.39, 0.29) is 16.3 Å². The first-order valence-corrected chi connectivity index (χ1v) is 8.43. The van der Waals surface area contributed by atoms with E-state index in [0.29, 0.717) is 0 Å². The van der Waals surface area contributed by atoms with E-state index in [0.717, 1.165) is 27.2 Å². The molecule has 19 heavy (non-hydrogen) atoms. The average Bonchev–Trinajstić information content (AvgIpc) is 2.95. The zero-order valence-electron chi connectivity index (χ0n) is 9.91. The van der Waals surface area contributed by atoms with Gasteiger partial charge in [0.2, 0.25) is 10.0 Å². The molecule has 2 aromatic rings. The van der Waals surface area contributed by atoms with Gasteiger partial charge in [-0.3, -0.25) is 0 Å². The number of carboxylic acid groups (broad SMARTS) is 1. The summed E-state index contributed by atoms with van der Waals surface area (Å²) in [6, 6.07) is 4.94. The van der Waals surface area contributed by atoms with E-state index in [9.17, 15) is 13.2 Å². The Hall–Kier alpha value is -1.22. The Bertz CT molecular complexity index is 699. The molecule has 0 radical (unpaired) electrons. The number of aryl methyl sites for hydroxylation is 1. The number of carboxylic acids is 1. The predicted molar refractivity (Wildman–Crippen MR) is 74.4 cm³/mol. The SMILES string of the molecule is Cc1ccc(CNS(=O)(=O)c2cc(C(=O)O)cs2)s1. The number of hydrogen-bond donors (Lipinski definition) is 2. The van der Waals surface area contributed by atoms with Crippen molar-refractivity contribution in [2.24, 2.45) is 0 Å². The Labute approximate surface area is 118 Å². The molecule has 0 aliphatic rings. The Kier molecular flexibility index (Phi) is 4.04. The summed E-state index contributed by atoms with van der Waals surface area (Å²) in [7, 11) is -3.65. The molecule has 0 fully saturated rings. The van der Waals surface area contributed by atoms with E-state index >= 15 is 0 Å². The highest BCUT2D eigenvalue weighted by atomic mass is 32.2. The van der Waals surface area contributed by atoms with Gasteiger partial charge in [0.15, 0.2) is 0 Å². The van der Waals surface area contributed by atoms with Crippen LogP contribution in [-0.4, -0.2) is 19.5 Å². The molecule has 0 aliphatic carbocycles. The lowest BCUT2D eigenvalue weighted by Gasteiger charge is -2.02. The molecule has 2 N–H and O–H groups in total. The van der Waals surface area contributed by atoms with Gasteiger partial charge in [0.1, 0.15) is 4.21 Å². The number of aromatic carboxylic acids is 1. The average molecular weight is 317 g/mol. The summed E-state index contributed by atoms with van der Waals surface area (Å²) in [5.41, 5.74) is -0.0163. The summed E-state index contributed by atoms with van der Waals surface area (Å²) in [4.78, 5) is 12.7. The second kappa shape index (κ2) is 5.41. The molecule has 0 saturated heterocycles. The third kappa shape index (κ3) is 3.41. The van der Waals surface area contributed by atoms with Crippen molar-refractivity contribution in [2.75, 3.05) is 0 Å². The maximum absolute atomic E-state index is 12.0. The van der Waals surface area contributed by atoms with Gasteiger partial charge in [0, 0.05) is 21.7 Å². The summed E-state index contributed by atoms with van der Waals surface area (Å²) in [5.74, 6) is -1.13. The quantitative estimate of drug-likeness (QED) is 0.886. The fourth-order valence-corrected chi connectivity index (χ4v) is 4.51. The van der Waals surface area contributed by atoms with Crippen LogP contribution < -0.4 is 4.72 Å². The van der Waals surface area contributed by atoms with Crippen LogP contribution in [0.5, 0.6) is 0 Å². The van der Waals surface area contributed by atoms with Gasteiger partial charge in [-0.15, -0.1) is 22.7 Å². The van der Waals surface area contributed by atoms with Crippen LogP contribution in [0.1, 0.15) is 20.1 Å². The Morgan fingerprint density at radius 2 is 2.16 bits per heavy atom. The van der Waals surface area contributed by atoms with Crippen molar-refractivity contribution in [1.29, 1.82) is 0 Å². The van der Waals surface area contributed by atoms with E-state index in [4.69, 9.17) is 5.11 Å². The van der Waals surface area contributed by atoms with Gasteiger partial charge in [-0.25, -0.2) is 17.9 Å². The van der Waals surface area contributed by atoms with E-state index in [1.807, 2.05) is 19.1 Å². The number of hydrogen-bond acceptors (Lipinski definition) is 5. The smallest absolute Gasteiger partial charge is 0.336 e. The number of carbonyl (C=O) groups is 1. The van der Waals surface area contributed by atoms with Crippen molar-refractivity contribution in [3.05, 3.63) is 38.9 Å². The zero-order valence-corrected chi connectivity index (χ0v) is 12.4. The lowest BCUT2D eigenvalue weighted by Crippen LogP contribution is -2.21. The maximum Gasteiger partial charge on any atom is 0.336 e. The Morgan fingerprint density at radius 3 is 2.68 bits per heavy atom. The van der Waals surface area contributed by atoms with Gasteiger partial charge >= 0.3 is 5.97 Å². The summed E-state index contributed by atoms with van der Waals surface area (Å²) in [5, 5.41) is 10.1. The molecular formula is C11H11NO4S3. The van der Waals surface area contributed by atoms with Crippen LogP contribution in [0, 0.1) is 6.92 Å². The zero-order chi connectivity index (χ0) is 14.0. The first-order chi connectivity index (χ1) is 8.88. The van der Waals surface area contributed by atoms with Crippen molar-refractivity contribution in [1.82, 2.24) is 4.72 Å². The number of sulfonamides is 1. The van der Waals surface area contributed by atoms with E-state index in [2.05, 4.69) is 4.72 Å². The molecule has 0 spiro atoms. The van der Waals surface area contributed by atoms with Crippen molar-refractivity contribution < 1.29 is 18.3 Å². The summed E-state index contributed by atoms with van der Waals surface area (Å²) in [6.45, 7) is 2.15. The molecule has 0 bridgehead atoms. The van der Waals surface area contributed by atoms with Gasteiger partial charge < -0.3 is 5.11 Å². The Balaban J connectivity index is 2.11. The molecule has 2 rings (SSSR count). The van der Waals surface area contributed by atoms with Crippen LogP contribution in [0.3, 0.4) is 0 Å². The number of nitrogens with one attached hydrogen (secondary N) is 1. The molecule has 0 atom stereocenters. The van der Waals surface area contributed by atoms with Gasteiger partial charge in [-0.1, -0.05) is 0 Å². The third-order valence-electron chi connectivity index (χ3n) is 2.32. The van der Waals surface area contributed by atoms with Crippen LogP contribution in [0.2, 0.25) is 0 Å². The van der Waals surface area contributed by atoms with E-state index in [1.54, 1.807) is 0 Å². The van der Waals surface area contributed by atoms with Crippen molar-refractivity contribution in [3.63, 3.8) is 0 Å². The Morgan fingerprint density at radius 1 is 1.42 bits per heavy atom. The molecule has 102 valence electrons. The maximum atomic E-state index is 12.0. The van der Waals surface area contributed by atoms with Crippen LogP contribution in [-0.2, 0) is 16.6 Å². The van der Waals surface area contributed by atoms with Crippen LogP contribution in [0.15, 0.2) is 27.8 Å². The monoisotopic (exact) mass is 317 g/mol. The van der Waals surface area contributed by atoms with Gasteiger partial charge in [-0.2, -0.15) is 0 Å². The minimum atomic E-state index is -3.65. The minimum Gasteiger partial charge on any atom is -0.478 e. The molecule has 0 unspecified atom stereocenters. The largest absolute Gasteiger partial charge is 0.478 e. The summed E-state index contributed by atoms with van der Waals surface area (Å²) in [6.07, 6.45) is 0. The van der Waals surface area contributed by atoms with Gasteiger partial charge in [0.25, 0.3) is 0 Å². The minimum absolute atomic E-state index is 0.0122. The fraction of sp³-hybridized carbons (Fsp3) is 0.182. The van der Waals surface area contributed by atoms with E-state index < -0.39 is 16.0 Å². The van der Waals surface area contributed by atoms with Gasteiger partial charge in [-0.05, 0) is 25.1 Å². The topological polar surface area (TPSA) is 83.5 Å². The molecule has 0 aromatic carbocycles. The second-order valence-electron chi connectivity index (χ2n) is 3.80. The van der Waals surface area contributed by atoms with E-state index in [1.165, 1.54) is 16.7 Å². The standard InChI is InChI=1S/C11H11NO4S3/c1-7-2-3-9(18-7)5-12-19(15,16)10-4-8(6-17-10)11(13)14/h2-4,6,12H,5H2,1H3,(H,13,14). The first-order valence-electron chi connectivity index (χ1n) is 5.25. The lowest BCUT2D eigenvalue weighted by atomic mass is 10.4. The second-order valence-corrected chi connectivity index (χ2v) is 8.07. The van der Waals surface area contributed by atoms with Crippen LogP contribution in [0.25, 0.3) is 0 Å². The molecule has 0 amide bonds. The lowest BCUT2D eigenvalue weighted by molar-refractivity contribution is 0.0697. The van der Waals surface area contributed by atoms with Crippen molar-refractivity contribution >= 4 is 38.7 Å². The molecule has 5 nitrogen and oxygen atoms in total. The molecule has 0 aliphatic heterocycles. The molecule has 8 heteroatoms. The molecular weight excluding hydrogens is 306 g/mol. The molecule has 2 heterocycles. The highest BCUT2D eigenvalue weighted by Crippen LogP contribution is 2.21. The molecule has 0 saturated carbocycles. The van der Waals surface area contributed by atoms with Crippen molar-refractivity contribution in [3.8, 4) is 0 Å². The normalized spacial score (nSPS) is 11.6. The fourth-order valence-electron chi connectivity index (χ4n) is 1.39. The van der Waals surface area contributed by atoms with Crippen LogP contribution in [0.4, 0.5) is 0 Å². The summed E-state index contributed by atoms with van der Waals surface area (Å²) < 4.78 is 26.4. The number of thiophene rings is 2. The first kappa shape index (κ1) is 14.2. The predicted octanol–water partition coefficient (Wildman–Crippen LogP) is 2.29. The highest BCUT2D eigenvalue weighted by Gasteiger charge is 2.18. The van der Waals surface area contributed by atoms with Crippen LogP contribution >= 0.6 is 22.7 Å². The number of rotatable bonds is 5.